The van der Waals surface area contributed by atoms with E-state index in [4.69, 9.17) is 4.74 Å². The second-order valence-corrected chi connectivity index (χ2v) is 9.92. The molecule has 0 aliphatic carbocycles. The van der Waals surface area contributed by atoms with Gasteiger partial charge in [-0.15, -0.1) is 0 Å². The molecule has 9 heteroatoms. The minimum absolute atomic E-state index is 0.0230. The molecule has 4 rings (SSSR count). The maximum atomic E-state index is 13.4. The van der Waals surface area contributed by atoms with E-state index in [-0.39, 0.29) is 24.0 Å². The van der Waals surface area contributed by atoms with Crippen molar-refractivity contribution in [2.45, 2.75) is 59.6 Å². The summed E-state index contributed by atoms with van der Waals surface area (Å²) < 4.78 is 5.76. The predicted octanol–water partition coefficient (Wildman–Crippen LogP) is 4.12. The highest BCUT2D eigenvalue weighted by atomic mass is 16.5. The van der Waals surface area contributed by atoms with Crippen molar-refractivity contribution in [3.05, 3.63) is 72.0 Å². The van der Waals surface area contributed by atoms with E-state index in [0.717, 1.165) is 41.2 Å². The number of pyridine rings is 2. The Hall–Kier alpha value is -4.14. The lowest BCUT2D eigenvalue weighted by Crippen LogP contribution is -2.49. The maximum Gasteiger partial charge on any atom is 0.249 e. The molecule has 2 N–H and O–H groups in total. The van der Waals surface area contributed by atoms with E-state index in [9.17, 15) is 9.59 Å². The maximum absolute atomic E-state index is 13.4. The fraction of sp³-hybridized carbons (Fsp3) is 0.379. The number of ether oxygens (including phenoxy) is 1. The zero-order valence-electron chi connectivity index (χ0n) is 22.8. The highest BCUT2D eigenvalue weighted by Crippen LogP contribution is 2.41. The third kappa shape index (κ3) is 5.41. The average Bonchev–Trinajstić information content (AvgIpc) is 2.88. The van der Waals surface area contributed by atoms with Crippen LogP contribution in [0, 0.1) is 13.8 Å². The van der Waals surface area contributed by atoms with E-state index >= 15 is 0 Å². The molecule has 38 heavy (non-hydrogen) atoms. The number of nitrogens with zero attached hydrogens (tertiary/aromatic N) is 4. The van der Waals surface area contributed by atoms with E-state index in [1.54, 1.807) is 18.0 Å². The van der Waals surface area contributed by atoms with Crippen LogP contribution in [0.5, 0.6) is 5.88 Å². The van der Waals surface area contributed by atoms with Crippen molar-refractivity contribution in [1.29, 1.82) is 0 Å². The molecule has 2 aromatic heterocycles. The van der Waals surface area contributed by atoms with E-state index in [1.807, 2.05) is 50.8 Å². The van der Waals surface area contributed by atoms with Gasteiger partial charge in [0.1, 0.15) is 5.82 Å². The van der Waals surface area contributed by atoms with Gasteiger partial charge in [0.2, 0.25) is 17.7 Å². The second-order valence-electron chi connectivity index (χ2n) is 9.92. The normalized spacial score (nSPS) is 18.5. The predicted molar refractivity (Wildman–Crippen MR) is 149 cm³/mol. The van der Waals surface area contributed by atoms with Crippen LogP contribution >= 0.6 is 0 Å². The van der Waals surface area contributed by atoms with Crippen molar-refractivity contribution in [1.82, 2.24) is 25.5 Å². The van der Waals surface area contributed by atoms with E-state index in [1.165, 1.54) is 6.08 Å². The molecule has 1 fully saturated rings. The van der Waals surface area contributed by atoms with Crippen LogP contribution in [0.3, 0.4) is 0 Å². The molecule has 1 atom stereocenters. The summed E-state index contributed by atoms with van der Waals surface area (Å²) in [5.74, 6) is 0.836. The quantitative estimate of drug-likeness (QED) is 0.557. The fourth-order valence-electron chi connectivity index (χ4n) is 4.92. The molecule has 0 spiro atoms. The van der Waals surface area contributed by atoms with Crippen LogP contribution in [0.2, 0.25) is 0 Å². The number of amides is 2. The van der Waals surface area contributed by atoms with Gasteiger partial charge in [-0.05, 0) is 65.7 Å². The molecular formula is C29H36N6O3. The van der Waals surface area contributed by atoms with E-state index in [0.29, 0.717) is 36.1 Å². The average molecular weight is 517 g/mol. The minimum atomic E-state index is -0.200. The Morgan fingerprint density at radius 2 is 1.97 bits per heavy atom. The standard InChI is InChI=1S/C29H36N6O3/c1-8-26(36)34-15-9-10-22(16-34)33-29(37)18(4)28-27-20(6)30-14-13-24(27)35(21(7)32-28)23-11-12-25(31-19(23)5)38-17(2)3/h8,11-14,17,22,32H,1,7,9-10,15-16H2,2-6H3,(H,33,37)/b28-18-/t22-/m1/s1. The third-order valence-electron chi connectivity index (χ3n) is 6.74. The number of hydrogen-bond donors (Lipinski definition) is 2. The van der Waals surface area contributed by atoms with Gasteiger partial charge in [-0.3, -0.25) is 19.5 Å². The molecule has 9 nitrogen and oxygen atoms in total. The summed E-state index contributed by atoms with van der Waals surface area (Å²) in [5.41, 5.74) is 5.26. The summed E-state index contributed by atoms with van der Waals surface area (Å²) in [6, 6.07) is 5.59. The molecule has 0 aromatic carbocycles. The minimum Gasteiger partial charge on any atom is -0.475 e. The second kappa shape index (κ2) is 11.1. The summed E-state index contributed by atoms with van der Waals surface area (Å²) in [5, 5.41) is 6.47. The van der Waals surface area contributed by atoms with E-state index in [2.05, 4.69) is 33.8 Å². The molecule has 2 amide bonds. The van der Waals surface area contributed by atoms with Crippen LogP contribution in [0.25, 0.3) is 5.70 Å². The Bertz CT molecular complexity index is 1320. The summed E-state index contributed by atoms with van der Waals surface area (Å²) in [6.45, 7) is 18.5. The Balaban J connectivity index is 1.66. The summed E-state index contributed by atoms with van der Waals surface area (Å²) in [7, 11) is 0. The Kier molecular flexibility index (Phi) is 7.85. The molecule has 0 bridgehead atoms. The highest BCUT2D eigenvalue weighted by molar-refractivity contribution is 6.03. The van der Waals surface area contributed by atoms with Gasteiger partial charge < -0.3 is 20.3 Å². The lowest BCUT2D eigenvalue weighted by atomic mass is 9.99. The Morgan fingerprint density at radius 1 is 1.21 bits per heavy atom. The first-order chi connectivity index (χ1) is 18.1. The summed E-state index contributed by atoms with van der Waals surface area (Å²) >= 11 is 0. The smallest absolute Gasteiger partial charge is 0.249 e. The van der Waals surface area contributed by atoms with Gasteiger partial charge in [-0.25, -0.2) is 4.98 Å². The fourth-order valence-corrected chi connectivity index (χ4v) is 4.92. The van der Waals surface area contributed by atoms with Crippen LogP contribution in [0.4, 0.5) is 11.4 Å². The van der Waals surface area contributed by atoms with Gasteiger partial charge in [0, 0.05) is 48.2 Å². The monoisotopic (exact) mass is 516 g/mol. The largest absolute Gasteiger partial charge is 0.475 e. The van der Waals surface area contributed by atoms with Crippen LogP contribution in [-0.2, 0) is 9.59 Å². The molecule has 2 aliphatic rings. The number of aryl methyl sites for hydroxylation is 2. The molecule has 4 heterocycles. The van der Waals surface area contributed by atoms with Crippen molar-refractivity contribution in [2.75, 3.05) is 18.0 Å². The number of likely N-dealkylation sites (tertiary alicyclic amines) is 1. The van der Waals surface area contributed by atoms with Gasteiger partial charge in [0.15, 0.2) is 0 Å². The number of nitrogens with one attached hydrogen (secondary N) is 2. The Labute approximate surface area is 224 Å². The van der Waals surface area contributed by atoms with Crippen LogP contribution in [0.1, 0.15) is 50.6 Å². The van der Waals surface area contributed by atoms with Crippen molar-refractivity contribution in [3.63, 3.8) is 0 Å². The number of fused-ring (bicyclic) bond motifs is 1. The van der Waals surface area contributed by atoms with Crippen molar-refractivity contribution < 1.29 is 14.3 Å². The number of rotatable bonds is 6. The zero-order chi connectivity index (χ0) is 27.6. The van der Waals surface area contributed by atoms with Gasteiger partial charge in [0.05, 0.1) is 28.9 Å². The molecule has 0 unspecified atom stereocenters. The lowest BCUT2D eigenvalue weighted by molar-refractivity contribution is -0.128. The lowest BCUT2D eigenvalue weighted by Gasteiger charge is -2.37. The first kappa shape index (κ1) is 26.9. The van der Waals surface area contributed by atoms with Gasteiger partial charge in [-0.2, -0.15) is 0 Å². The van der Waals surface area contributed by atoms with Gasteiger partial charge >= 0.3 is 0 Å². The Morgan fingerprint density at radius 3 is 2.66 bits per heavy atom. The van der Waals surface area contributed by atoms with Crippen molar-refractivity contribution >= 4 is 28.9 Å². The summed E-state index contributed by atoms with van der Waals surface area (Å²) in [6.07, 6.45) is 4.72. The SMILES string of the molecule is C=CC(=O)N1CCC[C@@H](NC(=O)/C(C)=C2\NC(=C)N(c3ccc(OC(C)C)nc3C)c3ccnc(C)c32)C1. The van der Waals surface area contributed by atoms with Crippen molar-refractivity contribution in [3.8, 4) is 5.88 Å². The van der Waals surface area contributed by atoms with Crippen LogP contribution in [0.15, 0.2) is 55.0 Å². The highest BCUT2D eigenvalue weighted by Gasteiger charge is 2.31. The first-order valence-corrected chi connectivity index (χ1v) is 12.9. The zero-order valence-corrected chi connectivity index (χ0v) is 22.8. The topological polar surface area (TPSA) is 99.7 Å². The van der Waals surface area contributed by atoms with Gasteiger partial charge in [-0.1, -0.05) is 13.2 Å². The van der Waals surface area contributed by atoms with Gasteiger partial charge in [0.25, 0.3) is 0 Å². The molecule has 1 saturated heterocycles. The molecular weight excluding hydrogens is 480 g/mol. The third-order valence-corrected chi connectivity index (χ3v) is 6.74. The first-order valence-electron chi connectivity index (χ1n) is 12.9. The van der Waals surface area contributed by atoms with E-state index < -0.39 is 0 Å². The number of piperidine rings is 1. The molecule has 2 aromatic rings. The number of carbonyl (C=O) groups is 2. The summed E-state index contributed by atoms with van der Waals surface area (Å²) in [4.78, 5) is 38.3. The van der Waals surface area contributed by atoms with Crippen LogP contribution < -0.4 is 20.3 Å². The number of carbonyl (C=O) groups excluding carboxylic acids is 2. The molecule has 200 valence electrons. The molecule has 2 aliphatic heterocycles. The number of hydrogen-bond acceptors (Lipinski definition) is 7. The number of aromatic nitrogens is 2. The molecule has 0 radical (unpaired) electrons. The van der Waals surface area contributed by atoms with Crippen molar-refractivity contribution in [2.24, 2.45) is 0 Å². The number of anilines is 2. The van der Waals surface area contributed by atoms with Crippen LogP contribution in [-0.4, -0.2) is 51.9 Å². The molecule has 0 saturated carbocycles.